The molecule has 0 amide bonds. The maximum atomic E-state index is 9.00. The summed E-state index contributed by atoms with van der Waals surface area (Å²) < 4.78 is 19.1. The first kappa shape index (κ1) is 10.8. The molecule has 0 aromatic heterocycles. The molecular weight excluding hydrogens is 228 g/mol. The highest BCUT2D eigenvalue weighted by atomic mass is 79.9. The minimum atomic E-state index is -1.86. The van der Waals surface area contributed by atoms with Gasteiger partial charge < -0.3 is 4.55 Å². The van der Waals surface area contributed by atoms with Crippen molar-refractivity contribution in [1.29, 1.82) is 0 Å². The summed E-state index contributed by atoms with van der Waals surface area (Å²) in [6, 6.07) is 9.97. The van der Waals surface area contributed by atoms with Crippen LogP contribution in [0.5, 0.6) is 0 Å². The summed E-state index contributed by atoms with van der Waals surface area (Å²) in [6.45, 7) is 0. The second-order valence-corrected chi connectivity index (χ2v) is 3.42. The van der Waals surface area contributed by atoms with Crippen LogP contribution in [0.4, 0.5) is 0 Å². The molecule has 62 valence electrons. The number of rotatable bonds is 0. The summed E-state index contributed by atoms with van der Waals surface area (Å²) in [5.74, 6) is 0. The van der Waals surface area contributed by atoms with Crippen LogP contribution in [0.15, 0.2) is 34.8 Å². The Morgan fingerprint density at radius 3 is 1.91 bits per heavy atom. The predicted octanol–water partition coefficient (Wildman–Crippen LogP) is 1.94. The fraction of sp³-hybridized carbons (Fsp3) is 0.143. The maximum Gasteiger partial charge on any atom is 0.0175 e. The molecule has 1 aromatic carbocycles. The summed E-state index contributed by atoms with van der Waals surface area (Å²) in [7, 11) is 0. The Morgan fingerprint density at radius 2 is 1.73 bits per heavy atom. The molecule has 1 aromatic rings. The molecule has 0 N–H and O–H groups in total. The zero-order valence-electron chi connectivity index (χ0n) is 5.99. The molecule has 0 radical (unpaired) electrons. The summed E-state index contributed by atoms with van der Waals surface area (Å²) in [4.78, 5) is 0. The lowest BCUT2D eigenvalue weighted by molar-refractivity contribution is 0.543. The molecule has 2 nitrogen and oxygen atoms in total. The number of halogens is 1. The van der Waals surface area contributed by atoms with Crippen molar-refractivity contribution in [2.45, 2.75) is 0 Å². The smallest absolute Gasteiger partial charge is 0.0175 e. The average molecular weight is 236 g/mol. The third-order valence-electron chi connectivity index (χ3n) is 0.733. The Balaban J connectivity index is 0.000000218. The third-order valence-corrected chi connectivity index (χ3v) is 1.26. The van der Waals surface area contributed by atoms with Gasteiger partial charge in [-0.1, -0.05) is 45.2 Å². The van der Waals surface area contributed by atoms with E-state index in [4.69, 9.17) is 8.76 Å². The van der Waals surface area contributed by atoms with Crippen LogP contribution >= 0.6 is 15.9 Å². The van der Waals surface area contributed by atoms with Gasteiger partial charge >= 0.3 is 0 Å². The van der Waals surface area contributed by atoms with E-state index in [-0.39, 0.29) is 0 Å². The molecule has 0 aliphatic carbocycles. The monoisotopic (exact) mass is 235 g/mol. The lowest BCUT2D eigenvalue weighted by Gasteiger charge is -1.85. The first-order valence-electron chi connectivity index (χ1n) is 2.84. The van der Waals surface area contributed by atoms with Gasteiger partial charge in [0.2, 0.25) is 0 Å². The first-order valence-corrected chi connectivity index (χ1v) is 5.12. The highest BCUT2D eigenvalue weighted by Crippen LogP contribution is 2.05. The van der Waals surface area contributed by atoms with Crippen LogP contribution < -0.4 is 0 Å². The van der Waals surface area contributed by atoms with Gasteiger partial charge in [-0.25, -0.2) is 0 Å². The van der Waals surface area contributed by atoms with Gasteiger partial charge in [-0.2, -0.15) is 0 Å². The average Bonchev–Trinajstić information content (AvgIpc) is 1.87. The zero-order chi connectivity index (χ0) is 8.69. The molecule has 0 saturated carbocycles. The third kappa shape index (κ3) is 9.81. The van der Waals surface area contributed by atoms with Gasteiger partial charge in [0.05, 0.1) is 0 Å². The van der Waals surface area contributed by atoms with Crippen molar-refractivity contribution in [3.63, 3.8) is 0 Å². The van der Waals surface area contributed by atoms with Crippen LogP contribution in [0.1, 0.15) is 0 Å². The van der Waals surface area contributed by atoms with E-state index in [1.807, 2.05) is 30.3 Å². The SMILES string of the molecule is Brc1ccccc1.CS(=O)[O-]. The Hall–Kier alpha value is -0.190. The molecule has 1 atom stereocenters. The molecule has 0 spiro atoms. The van der Waals surface area contributed by atoms with E-state index in [1.165, 1.54) is 0 Å². The van der Waals surface area contributed by atoms with Gasteiger partial charge in [-0.3, -0.25) is 4.21 Å². The van der Waals surface area contributed by atoms with Gasteiger partial charge in [0.15, 0.2) is 0 Å². The largest absolute Gasteiger partial charge is 0.773 e. The molecule has 0 fully saturated rings. The van der Waals surface area contributed by atoms with Crippen molar-refractivity contribution < 1.29 is 8.76 Å². The summed E-state index contributed by atoms with van der Waals surface area (Å²) >= 11 is 1.45. The minimum absolute atomic E-state index is 1.08. The molecule has 0 bridgehead atoms. The Labute approximate surface area is 77.0 Å². The maximum absolute atomic E-state index is 9.00. The minimum Gasteiger partial charge on any atom is -0.773 e. The fourth-order valence-electron chi connectivity index (χ4n) is 0.415. The summed E-state index contributed by atoms with van der Waals surface area (Å²) in [5, 5.41) is 0. The van der Waals surface area contributed by atoms with Crippen LogP contribution in [0.25, 0.3) is 0 Å². The van der Waals surface area contributed by atoms with Gasteiger partial charge in [-0.05, 0) is 18.4 Å². The standard InChI is InChI=1S/C6H5Br.CH4O2S/c7-6-4-2-1-3-5-6;1-4(2)3/h1-5H;1H3,(H,2,3)/p-1. The Kier molecular flexibility index (Phi) is 6.40. The van der Waals surface area contributed by atoms with E-state index in [1.54, 1.807) is 0 Å². The van der Waals surface area contributed by atoms with Crippen molar-refractivity contribution in [2.75, 3.05) is 6.26 Å². The molecule has 0 heterocycles. The fourth-order valence-corrected chi connectivity index (χ4v) is 0.720. The van der Waals surface area contributed by atoms with Crippen molar-refractivity contribution in [3.05, 3.63) is 34.8 Å². The summed E-state index contributed by atoms with van der Waals surface area (Å²) in [6.07, 6.45) is 1.08. The van der Waals surface area contributed by atoms with E-state index < -0.39 is 11.1 Å². The lowest BCUT2D eigenvalue weighted by atomic mass is 10.4. The van der Waals surface area contributed by atoms with Crippen LogP contribution in [0.3, 0.4) is 0 Å². The van der Waals surface area contributed by atoms with Crippen LogP contribution in [0, 0.1) is 0 Å². The zero-order valence-corrected chi connectivity index (χ0v) is 8.39. The molecule has 0 aliphatic heterocycles. The summed E-state index contributed by atoms with van der Waals surface area (Å²) in [5.41, 5.74) is 0. The van der Waals surface area contributed by atoms with E-state index in [2.05, 4.69) is 15.9 Å². The molecule has 11 heavy (non-hydrogen) atoms. The predicted molar refractivity (Wildman–Crippen MR) is 49.0 cm³/mol. The normalized spacial score (nSPS) is 11.2. The highest BCUT2D eigenvalue weighted by Gasteiger charge is 1.74. The molecule has 1 unspecified atom stereocenters. The second-order valence-electron chi connectivity index (χ2n) is 1.70. The van der Waals surface area contributed by atoms with E-state index in [0.717, 1.165) is 10.7 Å². The van der Waals surface area contributed by atoms with Crippen molar-refractivity contribution in [2.24, 2.45) is 0 Å². The highest BCUT2D eigenvalue weighted by molar-refractivity contribution is 9.10. The number of benzene rings is 1. The quantitative estimate of drug-likeness (QED) is 0.646. The van der Waals surface area contributed by atoms with Crippen molar-refractivity contribution >= 4 is 27.0 Å². The Morgan fingerprint density at radius 1 is 1.36 bits per heavy atom. The van der Waals surface area contributed by atoms with Crippen molar-refractivity contribution in [3.8, 4) is 0 Å². The van der Waals surface area contributed by atoms with E-state index in [0.29, 0.717) is 0 Å². The van der Waals surface area contributed by atoms with Crippen LogP contribution in [0.2, 0.25) is 0 Å². The number of hydrogen-bond donors (Lipinski definition) is 0. The van der Waals surface area contributed by atoms with Gasteiger partial charge in [0.1, 0.15) is 0 Å². The molecule has 4 heteroatoms. The topological polar surface area (TPSA) is 40.1 Å². The second kappa shape index (κ2) is 6.52. The van der Waals surface area contributed by atoms with Gasteiger partial charge in [-0.15, -0.1) is 0 Å². The number of hydrogen-bond acceptors (Lipinski definition) is 2. The van der Waals surface area contributed by atoms with Crippen molar-refractivity contribution in [1.82, 2.24) is 0 Å². The molecular formula is C7H8BrO2S-. The lowest BCUT2D eigenvalue weighted by Crippen LogP contribution is -1.73. The van der Waals surface area contributed by atoms with E-state index >= 15 is 0 Å². The van der Waals surface area contributed by atoms with Crippen LogP contribution in [-0.2, 0) is 11.1 Å². The first-order chi connectivity index (χ1) is 5.13. The molecule has 0 aliphatic rings. The van der Waals surface area contributed by atoms with Crippen LogP contribution in [-0.4, -0.2) is 15.0 Å². The Bertz CT molecular complexity index is 209. The van der Waals surface area contributed by atoms with Gasteiger partial charge in [0, 0.05) is 4.47 Å². The van der Waals surface area contributed by atoms with Gasteiger partial charge in [0.25, 0.3) is 0 Å². The molecule has 0 saturated heterocycles. The van der Waals surface area contributed by atoms with E-state index in [9.17, 15) is 0 Å². The molecule has 1 rings (SSSR count).